The number of carbonyl (C=O) groups excluding carboxylic acids is 3. The van der Waals surface area contributed by atoms with Crippen LogP contribution in [0.5, 0.6) is 5.75 Å². The van der Waals surface area contributed by atoms with Crippen LogP contribution in [0.4, 0.5) is 10.5 Å². The molecule has 1 fully saturated rings. The van der Waals surface area contributed by atoms with Gasteiger partial charge in [-0.15, -0.1) is 0 Å². The van der Waals surface area contributed by atoms with Crippen LogP contribution in [0.1, 0.15) is 36.5 Å². The van der Waals surface area contributed by atoms with Gasteiger partial charge >= 0.3 is 0 Å². The van der Waals surface area contributed by atoms with Gasteiger partial charge in [-0.25, -0.2) is 0 Å². The minimum Gasteiger partial charge on any atom is -0.484 e. The first-order chi connectivity index (χ1) is 17.3. The number of carbonyl (C=O) groups is 3. The maximum atomic E-state index is 12.8. The lowest BCUT2D eigenvalue weighted by Gasteiger charge is -2.14. The summed E-state index contributed by atoms with van der Waals surface area (Å²) in [6.45, 7) is 4.25. The van der Waals surface area contributed by atoms with Gasteiger partial charge in [-0.05, 0) is 70.8 Å². The highest BCUT2D eigenvalue weighted by Gasteiger charge is 2.34. The molecule has 8 heteroatoms. The molecular weight excluding hydrogens is 540 g/mol. The third-order valence-electron chi connectivity index (χ3n) is 5.53. The van der Waals surface area contributed by atoms with Gasteiger partial charge in [0.15, 0.2) is 6.61 Å². The largest absolute Gasteiger partial charge is 0.484 e. The molecular formula is C28H25BrN2O4S. The predicted molar refractivity (Wildman–Crippen MR) is 147 cm³/mol. The molecule has 0 radical (unpaired) electrons. The normalized spacial score (nSPS) is 14.6. The summed E-state index contributed by atoms with van der Waals surface area (Å²) in [5.41, 5.74) is 3.48. The second-order valence-electron chi connectivity index (χ2n) is 8.54. The van der Waals surface area contributed by atoms with Crippen molar-refractivity contribution in [3.63, 3.8) is 0 Å². The van der Waals surface area contributed by atoms with E-state index in [1.54, 1.807) is 30.3 Å². The molecule has 1 saturated heterocycles. The fraction of sp³-hybridized carbons (Fsp3) is 0.179. The zero-order chi connectivity index (χ0) is 25.7. The first-order valence-electron chi connectivity index (χ1n) is 11.4. The lowest BCUT2D eigenvalue weighted by molar-refractivity contribution is -0.123. The molecule has 6 nitrogen and oxygen atoms in total. The molecule has 36 heavy (non-hydrogen) atoms. The van der Waals surface area contributed by atoms with E-state index < -0.39 is 0 Å². The number of ether oxygens (including phenoxy) is 1. The molecule has 0 aliphatic carbocycles. The maximum Gasteiger partial charge on any atom is 0.293 e. The first kappa shape index (κ1) is 25.7. The predicted octanol–water partition coefficient (Wildman–Crippen LogP) is 6.83. The Bertz CT molecular complexity index is 1300. The summed E-state index contributed by atoms with van der Waals surface area (Å²) in [7, 11) is 0. The van der Waals surface area contributed by atoms with Crippen LogP contribution < -0.4 is 10.1 Å². The molecule has 3 aromatic carbocycles. The number of imide groups is 1. The van der Waals surface area contributed by atoms with Gasteiger partial charge in [0.05, 0.1) is 11.4 Å². The highest BCUT2D eigenvalue weighted by Crippen LogP contribution is 2.33. The minimum absolute atomic E-state index is 0.124. The van der Waals surface area contributed by atoms with Gasteiger partial charge in [0.2, 0.25) is 0 Å². The highest BCUT2D eigenvalue weighted by atomic mass is 79.9. The van der Waals surface area contributed by atoms with Crippen LogP contribution in [0.3, 0.4) is 0 Å². The van der Waals surface area contributed by atoms with Crippen LogP contribution in [0.15, 0.2) is 82.2 Å². The number of hydrogen-bond donors (Lipinski definition) is 1. The average molecular weight is 565 g/mol. The molecule has 184 valence electrons. The molecule has 0 saturated carbocycles. The molecule has 1 heterocycles. The summed E-state index contributed by atoms with van der Waals surface area (Å²) in [4.78, 5) is 39.2. The topological polar surface area (TPSA) is 75.7 Å². The van der Waals surface area contributed by atoms with Gasteiger partial charge in [0.1, 0.15) is 5.75 Å². The standard InChI is InChI=1S/C28H25BrN2O4S/c1-18(2)23-5-3-4-6-24(23)30-26(32)17-35-22-13-9-19(10-14-22)15-25-27(33)31(28(34)36-25)16-20-7-11-21(29)12-8-20/h3-15,18H,16-17H2,1-2H3,(H,30,32)/b25-15+. The number of nitrogens with zero attached hydrogens (tertiary/aromatic N) is 1. The summed E-state index contributed by atoms with van der Waals surface area (Å²) < 4.78 is 6.56. The number of hydrogen-bond acceptors (Lipinski definition) is 5. The monoisotopic (exact) mass is 564 g/mol. The van der Waals surface area contributed by atoms with E-state index in [4.69, 9.17) is 4.74 Å². The number of halogens is 1. The average Bonchev–Trinajstić information content (AvgIpc) is 3.12. The molecule has 4 rings (SSSR count). The smallest absolute Gasteiger partial charge is 0.293 e. The Hall–Kier alpha value is -3.36. The summed E-state index contributed by atoms with van der Waals surface area (Å²) >= 11 is 4.31. The van der Waals surface area contributed by atoms with Crippen molar-refractivity contribution in [1.82, 2.24) is 4.90 Å². The Balaban J connectivity index is 1.34. The molecule has 0 unspecified atom stereocenters. The van der Waals surface area contributed by atoms with Gasteiger partial charge < -0.3 is 10.1 Å². The molecule has 0 bridgehead atoms. The second-order valence-corrected chi connectivity index (χ2v) is 10.5. The number of amides is 3. The van der Waals surface area contributed by atoms with Crippen molar-refractivity contribution in [2.75, 3.05) is 11.9 Å². The number of anilines is 1. The summed E-state index contributed by atoms with van der Waals surface area (Å²) in [6, 6.07) is 22.2. The van der Waals surface area contributed by atoms with E-state index in [1.807, 2.05) is 48.5 Å². The van der Waals surface area contributed by atoms with Gasteiger partial charge in [0.25, 0.3) is 17.1 Å². The van der Waals surface area contributed by atoms with Crippen molar-refractivity contribution in [1.29, 1.82) is 0 Å². The van der Waals surface area contributed by atoms with Crippen LogP contribution in [-0.4, -0.2) is 28.6 Å². The summed E-state index contributed by atoms with van der Waals surface area (Å²) in [6.07, 6.45) is 1.69. The van der Waals surface area contributed by atoms with E-state index >= 15 is 0 Å². The number of nitrogens with one attached hydrogen (secondary N) is 1. The zero-order valence-electron chi connectivity index (χ0n) is 19.9. The van der Waals surface area contributed by atoms with E-state index in [-0.39, 0.29) is 36.1 Å². The Kier molecular flexibility index (Phi) is 8.28. The molecule has 3 aromatic rings. The van der Waals surface area contributed by atoms with Crippen molar-refractivity contribution in [3.05, 3.63) is 98.9 Å². The molecule has 3 amide bonds. The number of thioether (sulfide) groups is 1. The van der Waals surface area contributed by atoms with E-state index in [0.717, 1.165) is 38.6 Å². The van der Waals surface area contributed by atoms with Crippen molar-refractivity contribution >= 4 is 56.5 Å². The highest BCUT2D eigenvalue weighted by molar-refractivity contribution is 9.10. The molecule has 0 spiro atoms. The third-order valence-corrected chi connectivity index (χ3v) is 6.97. The zero-order valence-corrected chi connectivity index (χ0v) is 22.3. The number of rotatable bonds is 8. The lowest BCUT2D eigenvalue weighted by atomic mass is 10.0. The third kappa shape index (κ3) is 6.44. The van der Waals surface area contributed by atoms with Gasteiger partial charge in [-0.3, -0.25) is 19.3 Å². The Morgan fingerprint density at radius 1 is 1.03 bits per heavy atom. The Morgan fingerprint density at radius 2 is 1.72 bits per heavy atom. The lowest BCUT2D eigenvalue weighted by Crippen LogP contribution is -2.27. The fourth-order valence-corrected chi connectivity index (χ4v) is 4.77. The fourth-order valence-electron chi connectivity index (χ4n) is 3.67. The SMILES string of the molecule is CC(C)c1ccccc1NC(=O)COc1ccc(/C=C2/SC(=O)N(Cc3ccc(Br)cc3)C2=O)cc1. The van der Waals surface area contributed by atoms with Crippen molar-refractivity contribution in [2.45, 2.75) is 26.3 Å². The van der Waals surface area contributed by atoms with Crippen LogP contribution in [0.2, 0.25) is 0 Å². The van der Waals surface area contributed by atoms with E-state index in [0.29, 0.717) is 10.7 Å². The van der Waals surface area contributed by atoms with Crippen LogP contribution >= 0.6 is 27.7 Å². The van der Waals surface area contributed by atoms with Crippen molar-refractivity contribution < 1.29 is 19.1 Å². The van der Waals surface area contributed by atoms with Crippen LogP contribution in [0, 0.1) is 0 Å². The molecule has 0 atom stereocenters. The first-order valence-corrected chi connectivity index (χ1v) is 13.0. The minimum atomic E-state index is -0.313. The van der Waals surface area contributed by atoms with Gasteiger partial charge in [-0.2, -0.15) is 0 Å². The molecule has 1 aliphatic rings. The van der Waals surface area contributed by atoms with E-state index in [9.17, 15) is 14.4 Å². The quantitative estimate of drug-likeness (QED) is 0.303. The van der Waals surface area contributed by atoms with E-state index in [1.165, 1.54) is 4.90 Å². The molecule has 1 N–H and O–H groups in total. The molecule has 1 aliphatic heterocycles. The maximum absolute atomic E-state index is 12.8. The van der Waals surface area contributed by atoms with Crippen LogP contribution in [-0.2, 0) is 16.1 Å². The second kappa shape index (κ2) is 11.6. The Morgan fingerprint density at radius 3 is 2.42 bits per heavy atom. The van der Waals surface area contributed by atoms with Gasteiger partial charge in [-0.1, -0.05) is 72.2 Å². The molecule has 0 aromatic heterocycles. The summed E-state index contributed by atoms with van der Waals surface area (Å²) in [5.74, 6) is 0.262. The number of benzene rings is 3. The van der Waals surface area contributed by atoms with Crippen molar-refractivity contribution in [3.8, 4) is 5.75 Å². The number of para-hydroxylation sites is 1. The Labute approximate surface area is 222 Å². The van der Waals surface area contributed by atoms with Crippen LogP contribution in [0.25, 0.3) is 6.08 Å². The summed E-state index contributed by atoms with van der Waals surface area (Å²) in [5, 5.41) is 2.61. The van der Waals surface area contributed by atoms with Gasteiger partial charge in [0, 0.05) is 10.2 Å². The van der Waals surface area contributed by atoms with E-state index in [2.05, 4.69) is 35.1 Å². The van der Waals surface area contributed by atoms with Crippen molar-refractivity contribution in [2.24, 2.45) is 0 Å².